The molecule has 1 nitrogen and oxygen atoms in total. The fourth-order valence-corrected chi connectivity index (χ4v) is 4.91. The van der Waals surface area contributed by atoms with Crippen LogP contribution in [0.1, 0.15) is 39.0 Å². The lowest BCUT2D eigenvalue weighted by molar-refractivity contribution is -0.122. The van der Waals surface area contributed by atoms with E-state index in [4.69, 9.17) is 4.74 Å². The van der Waals surface area contributed by atoms with Crippen LogP contribution in [0.25, 0.3) is 0 Å². The molecule has 5 rings (SSSR count). The third-order valence-corrected chi connectivity index (χ3v) is 5.39. The summed E-state index contributed by atoms with van der Waals surface area (Å²) >= 11 is 0. The fraction of sp³-hybridized carbons (Fsp3) is 0.846. The van der Waals surface area contributed by atoms with Gasteiger partial charge in [-0.25, -0.2) is 0 Å². The fourth-order valence-electron chi connectivity index (χ4n) is 4.91. The maximum atomic E-state index is 6.27. The van der Waals surface area contributed by atoms with E-state index < -0.39 is 0 Å². The first-order valence-electron chi connectivity index (χ1n) is 6.07. The van der Waals surface area contributed by atoms with Gasteiger partial charge in [-0.3, -0.25) is 0 Å². The summed E-state index contributed by atoms with van der Waals surface area (Å²) in [6.07, 6.45) is 12.3. The van der Waals surface area contributed by atoms with E-state index in [1.165, 1.54) is 32.1 Å². The molecule has 0 aromatic rings. The Morgan fingerprint density at radius 1 is 1.43 bits per heavy atom. The highest BCUT2D eigenvalue weighted by molar-refractivity contribution is 5.23. The minimum absolute atomic E-state index is 0.253. The van der Waals surface area contributed by atoms with E-state index in [9.17, 15) is 0 Å². The van der Waals surface area contributed by atoms with Crippen LogP contribution in [0.2, 0.25) is 0 Å². The molecular formula is C13H18O. The molecule has 0 aromatic carbocycles. The highest BCUT2D eigenvalue weighted by Gasteiger charge is 2.66. The molecule has 4 bridgehead atoms. The first kappa shape index (κ1) is 7.92. The quantitative estimate of drug-likeness (QED) is 0.534. The predicted molar refractivity (Wildman–Crippen MR) is 54.9 cm³/mol. The number of rotatable bonds is 0. The number of hydrogen-bond acceptors (Lipinski definition) is 1. The Balaban J connectivity index is 1.86. The van der Waals surface area contributed by atoms with E-state index in [1.807, 2.05) is 0 Å². The van der Waals surface area contributed by atoms with Crippen molar-refractivity contribution >= 4 is 0 Å². The van der Waals surface area contributed by atoms with E-state index in [1.54, 1.807) is 0 Å². The zero-order valence-corrected chi connectivity index (χ0v) is 8.83. The summed E-state index contributed by atoms with van der Waals surface area (Å²) in [7, 11) is 0. The Kier molecular flexibility index (Phi) is 1.19. The van der Waals surface area contributed by atoms with Crippen molar-refractivity contribution in [2.45, 2.75) is 50.7 Å². The minimum atomic E-state index is 0.253. The topological polar surface area (TPSA) is 9.23 Å². The van der Waals surface area contributed by atoms with Crippen LogP contribution in [0.15, 0.2) is 12.2 Å². The van der Waals surface area contributed by atoms with E-state index in [0.717, 1.165) is 11.8 Å². The van der Waals surface area contributed by atoms with Gasteiger partial charge in [0.1, 0.15) is 0 Å². The molecule has 2 aliphatic heterocycles. The highest BCUT2D eigenvalue weighted by Crippen LogP contribution is 2.68. The second kappa shape index (κ2) is 2.11. The number of ether oxygens (including phenoxy) is 1. The summed E-state index contributed by atoms with van der Waals surface area (Å²) < 4.78 is 6.27. The van der Waals surface area contributed by atoms with Crippen molar-refractivity contribution in [2.24, 2.45) is 17.3 Å². The largest absolute Gasteiger partial charge is 0.371 e. The van der Waals surface area contributed by atoms with Crippen molar-refractivity contribution in [2.75, 3.05) is 0 Å². The van der Waals surface area contributed by atoms with Crippen LogP contribution in [0.4, 0.5) is 0 Å². The molecule has 1 spiro atoms. The van der Waals surface area contributed by atoms with Gasteiger partial charge in [0.25, 0.3) is 0 Å². The van der Waals surface area contributed by atoms with Gasteiger partial charge in [-0.2, -0.15) is 0 Å². The van der Waals surface area contributed by atoms with Crippen LogP contribution < -0.4 is 0 Å². The third-order valence-electron chi connectivity index (χ3n) is 5.39. The molecule has 2 saturated carbocycles. The molecule has 4 fully saturated rings. The van der Waals surface area contributed by atoms with E-state index >= 15 is 0 Å². The van der Waals surface area contributed by atoms with Gasteiger partial charge in [0.2, 0.25) is 0 Å². The van der Waals surface area contributed by atoms with Crippen molar-refractivity contribution in [3.05, 3.63) is 12.2 Å². The molecule has 76 valence electrons. The first-order valence-corrected chi connectivity index (χ1v) is 6.07. The molecule has 5 atom stereocenters. The predicted octanol–water partition coefficient (Wildman–Crippen LogP) is 2.91. The third kappa shape index (κ3) is 0.701. The molecule has 2 saturated heterocycles. The second-order valence-corrected chi connectivity index (χ2v) is 6.10. The van der Waals surface area contributed by atoms with Crippen LogP contribution in [-0.4, -0.2) is 11.7 Å². The van der Waals surface area contributed by atoms with Crippen LogP contribution in [0.3, 0.4) is 0 Å². The zero-order valence-electron chi connectivity index (χ0n) is 8.83. The van der Waals surface area contributed by atoms with Gasteiger partial charge in [0.05, 0.1) is 11.7 Å². The standard InChI is InChI=1S/C13H18O/c1-12-8-13-5-3-2-4-10(13)11(14-12)6-9(12)7-13/h3,5,9-11H,2,4,6-8H2,1H3/t9?,10?,11?,12?,13-/m0/s1. The molecule has 0 radical (unpaired) electrons. The molecule has 5 aliphatic rings. The van der Waals surface area contributed by atoms with Crippen molar-refractivity contribution < 1.29 is 4.74 Å². The summed E-state index contributed by atoms with van der Waals surface area (Å²) in [5.74, 6) is 1.73. The molecule has 0 N–H and O–H groups in total. The normalized spacial score (nSPS) is 63.4. The molecule has 1 heteroatoms. The lowest BCUT2D eigenvalue weighted by atomic mass is 9.62. The number of hydrogen-bond donors (Lipinski definition) is 0. The average Bonchev–Trinajstić information content (AvgIpc) is 2.50. The van der Waals surface area contributed by atoms with Gasteiger partial charge < -0.3 is 4.74 Å². The van der Waals surface area contributed by atoms with Crippen molar-refractivity contribution in [3.63, 3.8) is 0 Å². The Morgan fingerprint density at radius 2 is 2.36 bits per heavy atom. The Labute approximate surface area is 85.5 Å². The second-order valence-electron chi connectivity index (χ2n) is 6.10. The van der Waals surface area contributed by atoms with Gasteiger partial charge in [-0.15, -0.1) is 0 Å². The SMILES string of the molecule is CC12C[C@@]34C=CCCC3C(CC1C4)O2. The molecule has 3 aliphatic carbocycles. The maximum absolute atomic E-state index is 6.27. The Bertz CT molecular complexity index is 321. The van der Waals surface area contributed by atoms with Gasteiger partial charge in [0, 0.05) is 0 Å². The van der Waals surface area contributed by atoms with Crippen LogP contribution >= 0.6 is 0 Å². The molecule has 2 heterocycles. The number of allylic oxidation sites excluding steroid dienone is 2. The summed E-state index contributed by atoms with van der Waals surface area (Å²) in [5, 5.41) is 0. The monoisotopic (exact) mass is 190 g/mol. The lowest BCUT2D eigenvalue weighted by Crippen LogP contribution is -2.45. The molecule has 0 amide bonds. The molecule has 4 unspecified atom stereocenters. The molecule has 14 heavy (non-hydrogen) atoms. The zero-order chi connectivity index (χ0) is 9.39. The van der Waals surface area contributed by atoms with Gasteiger partial charge in [0.15, 0.2) is 0 Å². The van der Waals surface area contributed by atoms with E-state index in [2.05, 4.69) is 19.1 Å². The Morgan fingerprint density at radius 3 is 3.21 bits per heavy atom. The summed E-state index contributed by atoms with van der Waals surface area (Å²) in [4.78, 5) is 0. The van der Waals surface area contributed by atoms with Gasteiger partial charge in [-0.1, -0.05) is 12.2 Å². The van der Waals surface area contributed by atoms with Crippen LogP contribution in [0, 0.1) is 17.3 Å². The summed E-state index contributed by atoms with van der Waals surface area (Å²) in [6.45, 7) is 2.35. The minimum Gasteiger partial charge on any atom is -0.371 e. The van der Waals surface area contributed by atoms with Gasteiger partial charge in [-0.05, 0) is 56.3 Å². The van der Waals surface area contributed by atoms with Crippen molar-refractivity contribution in [3.8, 4) is 0 Å². The van der Waals surface area contributed by atoms with E-state index in [-0.39, 0.29) is 5.60 Å². The summed E-state index contributed by atoms with van der Waals surface area (Å²) in [5.41, 5.74) is 0.821. The lowest BCUT2D eigenvalue weighted by Gasteiger charge is -2.47. The van der Waals surface area contributed by atoms with Crippen molar-refractivity contribution in [1.82, 2.24) is 0 Å². The van der Waals surface area contributed by atoms with E-state index in [0.29, 0.717) is 11.5 Å². The van der Waals surface area contributed by atoms with Crippen molar-refractivity contribution in [1.29, 1.82) is 0 Å². The van der Waals surface area contributed by atoms with Gasteiger partial charge >= 0.3 is 0 Å². The van der Waals surface area contributed by atoms with Crippen LogP contribution in [0.5, 0.6) is 0 Å². The van der Waals surface area contributed by atoms with Crippen LogP contribution in [-0.2, 0) is 4.74 Å². The molecular weight excluding hydrogens is 172 g/mol. The maximum Gasteiger partial charge on any atom is 0.0696 e. The summed E-state index contributed by atoms with van der Waals surface area (Å²) in [6, 6.07) is 0. The first-order chi connectivity index (χ1) is 6.72. The highest BCUT2D eigenvalue weighted by atomic mass is 16.5. The smallest absolute Gasteiger partial charge is 0.0696 e. The average molecular weight is 190 g/mol. The Hall–Kier alpha value is -0.300. The molecule has 0 aromatic heterocycles.